The van der Waals surface area contributed by atoms with Gasteiger partial charge >= 0.3 is 0 Å². The molecule has 1 aliphatic heterocycles. The molecule has 3 rings (SSSR count). The Bertz CT molecular complexity index is 489. The molecular formula is C10H11N3O. The van der Waals surface area contributed by atoms with Gasteiger partial charge in [0.15, 0.2) is 0 Å². The van der Waals surface area contributed by atoms with Crippen LogP contribution in [0.5, 0.6) is 5.75 Å². The Morgan fingerprint density at radius 1 is 1.50 bits per heavy atom. The molecule has 2 heterocycles. The predicted octanol–water partition coefficient (Wildman–Crippen LogP) is 1.47. The Kier molecular flexibility index (Phi) is 1.45. The number of rotatable bonds is 1. The van der Waals surface area contributed by atoms with E-state index in [2.05, 4.69) is 14.9 Å². The van der Waals surface area contributed by atoms with Crippen molar-refractivity contribution in [2.24, 2.45) is 0 Å². The van der Waals surface area contributed by atoms with Crippen molar-refractivity contribution < 1.29 is 4.74 Å². The fourth-order valence-corrected chi connectivity index (χ4v) is 1.92. The van der Waals surface area contributed by atoms with Crippen LogP contribution in [-0.4, -0.2) is 23.2 Å². The van der Waals surface area contributed by atoms with Crippen LogP contribution in [0.15, 0.2) is 18.5 Å². The van der Waals surface area contributed by atoms with Crippen LogP contribution in [0.3, 0.4) is 0 Å². The third-order valence-corrected chi connectivity index (χ3v) is 2.59. The van der Waals surface area contributed by atoms with Gasteiger partial charge in [-0.25, -0.2) is 4.98 Å². The zero-order valence-corrected chi connectivity index (χ0v) is 7.95. The molecule has 4 nitrogen and oxygen atoms in total. The van der Waals surface area contributed by atoms with Crippen molar-refractivity contribution in [1.29, 1.82) is 0 Å². The van der Waals surface area contributed by atoms with Crippen LogP contribution in [0.4, 0.5) is 5.69 Å². The number of nitrogens with zero attached hydrogens (tertiary/aromatic N) is 2. The van der Waals surface area contributed by atoms with E-state index >= 15 is 0 Å². The number of aromatic nitrogens is 2. The first-order valence-corrected chi connectivity index (χ1v) is 4.65. The van der Waals surface area contributed by atoms with E-state index in [9.17, 15) is 0 Å². The molecule has 1 aromatic heterocycles. The first kappa shape index (κ1) is 7.67. The first-order valence-electron chi connectivity index (χ1n) is 4.65. The van der Waals surface area contributed by atoms with Gasteiger partial charge in [-0.1, -0.05) is 0 Å². The number of hydrogen-bond acceptors (Lipinski definition) is 3. The number of imidazole rings is 1. The summed E-state index contributed by atoms with van der Waals surface area (Å²) in [5.41, 5.74) is 3.28. The van der Waals surface area contributed by atoms with Gasteiger partial charge in [-0.3, -0.25) is 0 Å². The summed E-state index contributed by atoms with van der Waals surface area (Å²) < 4.78 is 7.38. The van der Waals surface area contributed by atoms with Gasteiger partial charge in [0, 0.05) is 25.2 Å². The minimum atomic E-state index is 0.854. The zero-order chi connectivity index (χ0) is 9.54. The van der Waals surface area contributed by atoms with E-state index in [1.807, 2.05) is 18.5 Å². The third kappa shape index (κ3) is 0.907. The summed E-state index contributed by atoms with van der Waals surface area (Å²) in [6, 6.07) is 3.97. The average molecular weight is 189 g/mol. The zero-order valence-electron chi connectivity index (χ0n) is 7.95. The SMILES string of the molecule is COc1cc2c3c(c1)ncn3CCN2. The van der Waals surface area contributed by atoms with Gasteiger partial charge in [-0.15, -0.1) is 0 Å². The van der Waals surface area contributed by atoms with Gasteiger partial charge in [-0.2, -0.15) is 0 Å². The first-order chi connectivity index (χ1) is 6.88. The summed E-state index contributed by atoms with van der Waals surface area (Å²) in [6.45, 7) is 1.93. The van der Waals surface area contributed by atoms with Crippen LogP contribution < -0.4 is 10.1 Å². The highest BCUT2D eigenvalue weighted by atomic mass is 16.5. The summed E-state index contributed by atoms with van der Waals surface area (Å²) in [5.74, 6) is 0.854. The van der Waals surface area contributed by atoms with E-state index < -0.39 is 0 Å². The summed E-state index contributed by atoms with van der Waals surface area (Å²) in [7, 11) is 1.67. The minimum Gasteiger partial charge on any atom is -0.497 e. The highest BCUT2D eigenvalue weighted by Crippen LogP contribution is 2.30. The topological polar surface area (TPSA) is 39.1 Å². The van der Waals surface area contributed by atoms with E-state index in [1.165, 1.54) is 5.52 Å². The molecule has 0 amide bonds. The van der Waals surface area contributed by atoms with Gasteiger partial charge in [-0.05, 0) is 0 Å². The largest absolute Gasteiger partial charge is 0.497 e. The van der Waals surface area contributed by atoms with Crippen LogP contribution in [0, 0.1) is 0 Å². The van der Waals surface area contributed by atoms with Crippen molar-refractivity contribution in [3.63, 3.8) is 0 Å². The number of ether oxygens (including phenoxy) is 1. The van der Waals surface area contributed by atoms with Crippen LogP contribution in [-0.2, 0) is 6.54 Å². The highest BCUT2D eigenvalue weighted by Gasteiger charge is 2.13. The quantitative estimate of drug-likeness (QED) is 0.738. The minimum absolute atomic E-state index is 0.854. The van der Waals surface area contributed by atoms with Crippen molar-refractivity contribution in [2.45, 2.75) is 6.54 Å². The molecule has 1 N–H and O–H groups in total. The molecule has 72 valence electrons. The fraction of sp³-hybridized carbons (Fsp3) is 0.300. The molecule has 14 heavy (non-hydrogen) atoms. The molecule has 0 unspecified atom stereocenters. The van der Waals surface area contributed by atoms with E-state index in [1.54, 1.807) is 7.11 Å². The van der Waals surface area contributed by atoms with Crippen molar-refractivity contribution >= 4 is 16.7 Å². The molecule has 1 aromatic carbocycles. The molecule has 0 radical (unpaired) electrons. The molecule has 0 saturated heterocycles. The van der Waals surface area contributed by atoms with E-state index in [0.29, 0.717) is 0 Å². The molecule has 0 aliphatic carbocycles. The van der Waals surface area contributed by atoms with Gasteiger partial charge in [0.1, 0.15) is 5.75 Å². The summed E-state index contributed by atoms with van der Waals surface area (Å²) in [5, 5.41) is 3.35. The van der Waals surface area contributed by atoms with Crippen LogP contribution in [0.2, 0.25) is 0 Å². The lowest BCUT2D eigenvalue weighted by molar-refractivity contribution is 0.415. The maximum absolute atomic E-state index is 5.21. The van der Waals surface area contributed by atoms with Crippen molar-refractivity contribution in [3.05, 3.63) is 18.5 Å². The Labute approximate surface area is 81.5 Å². The molecule has 2 aromatic rings. The number of methoxy groups -OCH3 is 1. The molecule has 0 saturated carbocycles. The highest BCUT2D eigenvalue weighted by molar-refractivity contribution is 5.91. The molecule has 4 heteroatoms. The lowest BCUT2D eigenvalue weighted by atomic mass is 10.2. The molecule has 0 spiro atoms. The maximum atomic E-state index is 5.21. The number of hydrogen-bond donors (Lipinski definition) is 1. The Morgan fingerprint density at radius 3 is 3.29 bits per heavy atom. The van der Waals surface area contributed by atoms with Gasteiger partial charge in [0.25, 0.3) is 0 Å². The van der Waals surface area contributed by atoms with E-state index in [-0.39, 0.29) is 0 Å². The molecular weight excluding hydrogens is 178 g/mol. The average Bonchev–Trinajstić information content (AvgIpc) is 2.64. The lowest BCUT2D eigenvalue weighted by Crippen LogP contribution is -2.15. The van der Waals surface area contributed by atoms with Gasteiger partial charge in [0.2, 0.25) is 0 Å². The van der Waals surface area contributed by atoms with Crippen LogP contribution in [0.25, 0.3) is 11.0 Å². The van der Waals surface area contributed by atoms with Crippen LogP contribution in [0.1, 0.15) is 0 Å². The Morgan fingerprint density at radius 2 is 2.43 bits per heavy atom. The maximum Gasteiger partial charge on any atom is 0.123 e. The molecule has 0 fully saturated rings. The van der Waals surface area contributed by atoms with Gasteiger partial charge < -0.3 is 14.6 Å². The van der Waals surface area contributed by atoms with E-state index in [4.69, 9.17) is 4.74 Å². The normalized spacial score (nSPS) is 14.1. The lowest BCUT2D eigenvalue weighted by Gasteiger charge is -2.17. The Balaban J connectivity index is 2.36. The second kappa shape index (κ2) is 2.64. The fourth-order valence-electron chi connectivity index (χ4n) is 1.92. The second-order valence-electron chi connectivity index (χ2n) is 3.41. The number of anilines is 1. The molecule has 0 atom stereocenters. The number of nitrogens with one attached hydrogen (secondary N) is 1. The predicted molar refractivity (Wildman–Crippen MR) is 54.8 cm³/mol. The van der Waals surface area contributed by atoms with E-state index in [0.717, 1.165) is 30.0 Å². The summed E-state index contributed by atoms with van der Waals surface area (Å²) >= 11 is 0. The molecule has 1 aliphatic rings. The standard InChI is InChI=1S/C10H11N3O/c1-14-7-4-8-10-9(5-7)12-6-13(10)3-2-11-8/h4-6,11H,2-3H2,1H3. The van der Waals surface area contributed by atoms with Crippen molar-refractivity contribution in [1.82, 2.24) is 9.55 Å². The second-order valence-corrected chi connectivity index (χ2v) is 3.41. The number of benzene rings is 1. The monoisotopic (exact) mass is 189 g/mol. The van der Waals surface area contributed by atoms with Crippen LogP contribution >= 0.6 is 0 Å². The van der Waals surface area contributed by atoms with Gasteiger partial charge in [0.05, 0.1) is 30.2 Å². The summed E-state index contributed by atoms with van der Waals surface area (Å²) in [4.78, 5) is 4.34. The molecule has 0 bridgehead atoms. The van der Waals surface area contributed by atoms with Crippen molar-refractivity contribution in [2.75, 3.05) is 19.0 Å². The Hall–Kier alpha value is -1.71. The third-order valence-electron chi connectivity index (χ3n) is 2.59. The smallest absolute Gasteiger partial charge is 0.123 e. The van der Waals surface area contributed by atoms with Crippen molar-refractivity contribution in [3.8, 4) is 5.75 Å². The summed E-state index contributed by atoms with van der Waals surface area (Å²) in [6.07, 6.45) is 1.88.